The van der Waals surface area contributed by atoms with Crippen molar-refractivity contribution in [3.8, 4) is 0 Å². The molecule has 0 aliphatic carbocycles. The second kappa shape index (κ2) is 8.42. The molecule has 1 N–H and O–H groups in total. The second-order valence-electron chi connectivity index (χ2n) is 5.24. The van der Waals surface area contributed by atoms with Crippen LogP contribution < -0.4 is 10.3 Å². The Morgan fingerprint density at radius 3 is 2.12 bits per heavy atom. The highest BCUT2D eigenvalue weighted by molar-refractivity contribution is 7.80. The van der Waals surface area contributed by atoms with Crippen LogP contribution in [0.2, 0.25) is 5.02 Å². The minimum absolute atomic E-state index is 0.473. The Kier molecular flexibility index (Phi) is 5.77. The Bertz CT molecular complexity index is 849. The molecule has 124 valence electrons. The van der Waals surface area contributed by atoms with Crippen molar-refractivity contribution in [2.24, 2.45) is 5.10 Å². The molecule has 0 fully saturated rings. The molecule has 25 heavy (non-hydrogen) atoms. The van der Waals surface area contributed by atoms with Crippen molar-refractivity contribution >= 4 is 46.5 Å². The summed E-state index contributed by atoms with van der Waals surface area (Å²) in [6.07, 6.45) is 1.77. The van der Waals surface area contributed by atoms with Crippen LogP contribution in [0, 0.1) is 0 Å². The average molecular weight is 366 g/mol. The lowest BCUT2D eigenvalue weighted by molar-refractivity contribution is 1.15. The van der Waals surface area contributed by atoms with E-state index < -0.39 is 0 Å². The zero-order valence-corrected chi connectivity index (χ0v) is 14.9. The van der Waals surface area contributed by atoms with Gasteiger partial charge in [0.1, 0.15) is 0 Å². The Balaban J connectivity index is 1.87. The Hall–Kier alpha value is -2.69. The number of nitrogens with one attached hydrogen (secondary N) is 1. The molecule has 0 aromatic heterocycles. The fourth-order valence-electron chi connectivity index (χ4n) is 2.18. The predicted molar refractivity (Wildman–Crippen MR) is 111 cm³/mol. The molecule has 3 aromatic carbocycles. The van der Waals surface area contributed by atoms with E-state index in [0.29, 0.717) is 10.1 Å². The number of para-hydroxylation sites is 1. The quantitative estimate of drug-likeness (QED) is 0.371. The molecule has 0 aliphatic rings. The molecule has 0 spiro atoms. The van der Waals surface area contributed by atoms with E-state index in [2.05, 4.69) is 10.4 Å². The third kappa shape index (κ3) is 4.89. The van der Waals surface area contributed by atoms with Crippen LogP contribution in [0.4, 0.5) is 11.4 Å². The molecule has 0 saturated carbocycles. The highest BCUT2D eigenvalue weighted by Gasteiger charge is 2.11. The third-order valence-corrected chi connectivity index (χ3v) is 3.94. The number of halogens is 1. The number of nitrogens with zero attached hydrogens (tertiary/aromatic N) is 2. The first-order chi connectivity index (χ1) is 12.2. The monoisotopic (exact) mass is 365 g/mol. The van der Waals surface area contributed by atoms with Crippen LogP contribution in [0.15, 0.2) is 90.0 Å². The first kappa shape index (κ1) is 17.1. The molecule has 0 aliphatic heterocycles. The van der Waals surface area contributed by atoms with Crippen LogP contribution in [0.25, 0.3) is 0 Å². The number of anilines is 2. The van der Waals surface area contributed by atoms with Crippen molar-refractivity contribution in [2.45, 2.75) is 0 Å². The number of hydrogen-bond donors (Lipinski definition) is 1. The van der Waals surface area contributed by atoms with E-state index in [4.69, 9.17) is 23.8 Å². The average Bonchev–Trinajstić information content (AvgIpc) is 2.65. The fourth-order valence-corrected chi connectivity index (χ4v) is 2.58. The number of benzene rings is 3. The molecule has 0 heterocycles. The van der Waals surface area contributed by atoms with E-state index in [9.17, 15) is 0 Å². The number of hydrogen-bond acceptors (Lipinski definition) is 2. The van der Waals surface area contributed by atoms with Gasteiger partial charge in [-0.2, -0.15) is 5.10 Å². The van der Waals surface area contributed by atoms with Crippen LogP contribution in [-0.4, -0.2) is 11.3 Å². The standard InChI is InChI=1S/C20H16ClN3S/c21-17-11-13-19(14-12-17)24(22-15-16-7-3-1-4-8-16)20(25)23-18-9-5-2-6-10-18/h1-15H,(H,23,25)/b22-15+. The summed E-state index contributed by atoms with van der Waals surface area (Å²) in [6.45, 7) is 0. The molecule has 0 unspecified atom stereocenters. The fraction of sp³-hybridized carbons (Fsp3) is 0. The molecule has 0 radical (unpaired) electrons. The van der Waals surface area contributed by atoms with E-state index in [1.807, 2.05) is 84.9 Å². The van der Waals surface area contributed by atoms with Crippen molar-refractivity contribution < 1.29 is 0 Å². The Morgan fingerprint density at radius 2 is 1.48 bits per heavy atom. The summed E-state index contributed by atoms with van der Waals surface area (Å²) in [4.78, 5) is 0. The molecule has 3 rings (SSSR count). The van der Waals surface area contributed by atoms with Gasteiger partial charge in [-0.3, -0.25) is 0 Å². The lowest BCUT2D eigenvalue weighted by atomic mass is 10.2. The Labute approximate surface area is 157 Å². The highest BCUT2D eigenvalue weighted by atomic mass is 35.5. The van der Waals surface area contributed by atoms with Crippen molar-refractivity contribution in [1.82, 2.24) is 0 Å². The minimum atomic E-state index is 0.473. The molecular formula is C20H16ClN3S. The topological polar surface area (TPSA) is 27.6 Å². The van der Waals surface area contributed by atoms with E-state index in [1.54, 1.807) is 11.2 Å². The van der Waals surface area contributed by atoms with E-state index in [-0.39, 0.29) is 0 Å². The van der Waals surface area contributed by atoms with Crippen LogP contribution in [0.3, 0.4) is 0 Å². The van der Waals surface area contributed by atoms with Crippen molar-refractivity contribution in [3.05, 3.63) is 95.5 Å². The molecule has 3 nitrogen and oxygen atoms in total. The third-order valence-electron chi connectivity index (χ3n) is 3.41. The minimum Gasteiger partial charge on any atom is -0.331 e. The van der Waals surface area contributed by atoms with Crippen LogP contribution in [0.5, 0.6) is 0 Å². The molecular weight excluding hydrogens is 350 g/mol. The van der Waals surface area contributed by atoms with Gasteiger partial charge in [0.25, 0.3) is 0 Å². The summed E-state index contributed by atoms with van der Waals surface area (Å²) in [5.41, 5.74) is 2.72. The van der Waals surface area contributed by atoms with Crippen LogP contribution in [0.1, 0.15) is 5.56 Å². The SMILES string of the molecule is S=C(Nc1ccccc1)N(/N=C/c1ccccc1)c1ccc(Cl)cc1. The lowest BCUT2D eigenvalue weighted by Crippen LogP contribution is -2.30. The number of hydrazone groups is 1. The molecule has 0 bridgehead atoms. The molecule has 3 aromatic rings. The molecule has 0 saturated heterocycles. The van der Waals surface area contributed by atoms with Gasteiger partial charge >= 0.3 is 0 Å². The van der Waals surface area contributed by atoms with Crippen molar-refractivity contribution in [3.63, 3.8) is 0 Å². The smallest absolute Gasteiger partial charge is 0.198 e. The number of thiocarbonyl (C=S) groups is 1. The summed E-state index contributed by atoms with van der Waals surface area (Å²) >= 11 is 11.5. The van der Waals surface area contributed by atoms with E-state index in [0.717, 1.165) is 16.9 Å². The van der Waals surface area contributed by atoms with Crippen LogP contribution >= 0.6 is 23.8 Å². The van der Waals surface area contributed by atoms with Gasteiger partial charge in [-0.05, 0) is 54.2 Å². The molecule has 0 atom stereocenters. The molecule has 5 heteroatoms. The largest absolute Gasteiger partial charge is 0.331 e. The van der Waals surface area contributed by atoms with Crippen LogP contribution in [-0.2, 0) is 0 Å². The maximum atomic E-state index is 5.99. The highest BCUT2D eigenvalue weighted by Crippen LogP contribution is 2.20. The summed E-state index contributed by atoms with van der Waals surface area (Å²) in [7, 11) is 0. The van der Waals surface area contributed by atoms with E-state index >= 15 is 0 Å². The van der Waals surface area contributed by atoms with Gasteiger partial charge in [0.2, 0.25) is 0 Å². The van der Waals surface area contributed by atoms with Crippen molar-refractivity contribution in [2.75, 3.05) is 10.3 Å². The van der Waals surface area contributed by atoms with Crippen molar-refractivity contribution in [1.29, 1.82) is 0 Å². The van der Waals surface area contributed by atoms with Gasteiger partial charge in [0, 0.05) is 10.7 Å². The van der Waals surface area contributed by atoms with Gasteiger partial charge in [0.15, 0.2) is 5.11 Å². The second-order valence-corrected chi connectivity index (χ2v) is 6.06. The van der Waals surface area contributed by atoms with Gasteiger partial charge < -0.3 is 5.32 Å². The van der Waals surface area contributed by atoms with Gasteiger partial charge in [-0.25, -0.2) is 5.01 Å². The summed E-state index contributed by atoms with van der Waals surface area (Å²) in [6, 6.07) is 27.0. The van der Waals surface area contributed by atoms with Gasteiger partial charge in [-0.15, -0.1) is 0 Å². The van der Waals surface area contributed by atoms with E-state index in [1.165, 1.54) is 0 Å². The first-order valence-corrected chi connectivity index (χ1v) is 8.52. The van der Waals surface area contributed by atoms with Gasteiger partial charge in [-0.1, -0.05) is 60.1 Å². The Morgan fingerprint density at radius 1 is 0.880 bits per heavy atom. The predicted octanol–water partition coefficient (Wildman–Crippen LogP) is 5.58. The number of rotatable bonds is 4. The first-order valence-electron chi connectivity index (χ1n) is 7.73. The normalized spacial score (nSPS) is 10.6. The maximum Gasteiger partial charge on any atom is 0.198 e. The zero-order chi connectivity index (χ0) is 17.5. The summed E-state index contributed by atoms with van der Waals surface area (Å²) < 4.78 is 0. The summed E-state index contributed by atoms with van der Waals surface area (Å²) in [5, 5.41) is 10.6. The molecule has 0 amide bonds. The lowest BCUT2D eigenvalue weighted by Gasteiger charge is -2.21. The summed E-state index contributed by atoms with van der Waals surface area (Å²) in [5.74, 6) is 0. The van der Waals surface area contributed by atoms with Gasteiger partial charge in [0.05, 0.1) is 11.9 Å². The zero-order valence-electron chi connectivity index (χ0n) is 13.3. The maximum absolute atomic E-state index is 5.99.